The molecular weight excluding hydrogens is 530 g/mol. The van der Waals surface area contributed by atoms with Crippen LogP contribution < -0.4 is 0 Å². The van der Waals surface area contributed by atoms with Gasteiger partial charge in [0.2, 0.25) is 0 Å². The summed E-state index contributed by atoms with van der Waals surface area (Å²) in [5.41, 5.74) is -10.3. The van der Waals surface area contributed by atoms with Crippen molar-refractivity contribution in [3.8, 4) is 29.2 Å². The SMILES string of the molecule is N#Cc1nc(-c2c(C(F)(F)F)nn(-c3c(Cl)cc(C(F)(F)F)cc3Cl)c2C(F)(F)F)[nH]c1C#N. The number of aromatic amines is 1. The quantitative estimate of drug-likeness (QED) is 0.388. The smallest absolute Gasteiger partial charge is 0.328 e. The van der Waals surface area contributed by atoms with Crippen LogP contribution in [0.25, 0.3) is 17.1 Å². The van der Waals surface area contributed by atoms with Gasteiger partial charge in [-0.05, 0) is 12.1 Å². The molecule has 0 radical (unpaired) electrons. The van der Waals surface area contributed by atoms with Gasteiger partial charge in [0.15, 0.2) is 22.8 Å². The van der Waals surface area contributed by atoms with E-state index in [1.807, 2.05) is 4.98 Å². The molecule has 0 aliphatic heterocycles. The molecule has 1 N–H and O–H groups in total. The number of alkyl halides is 9. The number of halogens is 11. The van der Waals surface area contributed by atoms with E-state index in [0.29, 0.717) is 0 Å². The van der Waals surface area contributed by atoms with Crippen molar-refractivity contribution in [3.63, 3.8) is 0 Å². The molecule has 17 heteroatoms. The van der Waals surface area contributed by atoms with Crippen LogP contribution in [0.5, 0.6) is 0 Å². The van der Waals surface area contributed by atoms with Crippen molar-refractivity contribution >= 4 is 23.2 Å². The molecule has 6 nitrogen and oxygen atoms in total. The Morgan fingerprint density at radius 1 is 0.853 bits per heavy atom. The first-order valence-corrected chi connectivity index (χ1v) is 9.00. The first kappa shape index (κ1) is 25.2. The van der Waals surface area contributed by atoms with E-state index in [2.05, 4.69) is 10.1 Å². The van der Waals surface area contributed by atoms with Gasteiger partial charge in [-0.25, -0.2) is 9.67 Å². The summed E-state index contributed by atoms with van der Waals surface area (Å²) in [4.78, 5) is 5.19. The number of aromatic nitrogens is 4. The molecule has 0 unspecified atom stereocenters. The lowest BCUT2D eigenvalue weighted by Crippen LogP contribution is -2.16. The van der Waals surface area contributed by atoms with Crippen molar-refractivity contribution in [1.29, 1.82) is 10.5 Å². The number of imidazole rings is 1. The summed E-state index contributed by atoms with van der Waals surface area (Å²) >= 11 is 11.4. The highest BCUT2D eigenvalue weighted by atomic mass is 35.5. The Morgan fingerprint density at radius 3 is 1.79 bits per heavy atom. The minimum atomic E-state index is -5.63. The Bertz CT molecular complexity index is 1310. The van der Waals surface area contributed by atoms with Gasteiger partial charge >= 0.3 is 18.5 Å². The minimum absolute atomic E-state index is 0.159. The number of nitrogens with zero attached hydrogens (tertiary/aromatic N) is 5. The predicted molar refractivity (Wildman–Crippen MR) is 95.6 cm³/mol. The molecule has 2 heterocycles. The molecule has 3 aromatic rings. The fourth-order valence-corrected chi connectivity index (χ4v) is 3.50. The molecule has 2 aromatic heterocycles. The van der Waals surface area contributed by atoms with Crippen LogP contribution in [0, 0.1) is 22.7 Å². The Labute approximate surface area is 191 Å². The van der Waals surface area contributed by atoms with Gasteiger partial charge in [0, 0.05) is 0 Å². The Kier molecular flexibility index (Phi) is 6.01. The largest absolute Gasteiger partial charge is 0.435 e. The zero-order chi connectivity index (χ0) is 25.8. The summed E-state index contributed by atoms with van der Waals surface area (Å²) in [6.45, 7) is 0. The van der Waals surface area contributed by atoms with Crippen molar-refractivity contribution in [2.24, 2.45) is 0 Å². The van der Waals surface area contributed by atoms with Crippen LogP contribution in [0.3, 0.4) is 0 Å². The third-order valence-corrected chi connectivity index (χ3v) is 4.71. The zero-order valence-corrected chi connectivity index (χ0v) is 17.1. The van der Waals surface area contributed by atoms with Gasteiger partial charge in [-0.2, -0.15) is 55.1 Å². The summed E-state index contributed by atoms with van der Waals surface area (Å²) in [6.07, 6.45) is -16.2. The van der Waals surface area contributed by atoms with E-state index >= 15 is 0 Å². The number of hydrogen-bond donors (Lipinski definition) is 1. The van der Waals surface area contributed by atoms with E-state index in [-0.39, 0.29) is 12.1 Å². The van der Waals surface area contributed by atoms with Crippen LogP contribution in [-0.4, -0.2) is 19.7 Å². The average molecular weight is 533 g/mol. The molecule has 0 saturated carbocycles. The number of benzene rings is 1. The first-order valence-electron chi connectivity index (χ1n) is 8.25. The molecule has 34 heavy (non-hydrogen) atoms. The predicted octanol–water partition coefficient (Wildman–Crippen LogP) is 6.37. The second kappa shape index (κ2) is 8.11. The zero-order valence-electron chi connectivity index (χ0n) is 15.5. The lowest BCUT2D eigenvalue weighted by molar-refractivity contribution is -0.143. The first-order chi connectivity index (χ1) is 15.5. The molecule has 178 valence electrons. The van der Waals surface area contributed by atoms with Crippen LogP contribution >= 0.6 is 23.2 Å². The molecule has 0 aliphatic rings. The number of rotatable bonds is 2. The number of H-pyrrole nitrogens is 1. The minimum Gasteiger partial charge on any atom is -0.328 e. The van der Waals surface area contributed by atoms with Crippen molar-refractivity contribution in [2.75, 3.05) is 0 Å². The average Bonchev–Trinajstić information content (AvgIpc) is 3.27. The molecule has 0 spiro atoms. The molecule has 0 atom stereocenters. The standard InChI is InChI=1S/C17H3Cl2F9N6/c18-6-1-5(15(20,21)22)2-7(19)11(6)34-13(17(26,27)28)10(12(33-34)16(23,24)25)14-31-8(3-29)9(4-30)32-14/h1-2H,(H,31,32). The second-order valence-corrected chi connectivity index (χ2v) is 7.11. The van der Waals surface area contributed by atoms with Gasteiger partial charge in [-0.1, -0.05) is 23.2 Å². The van der Waals surface area contributed by atoms with Crippen LogP contribution in [0.4, 0.5) is 39.5 Å². The highest BCUT2D eigenvalue weighted by Crippen LogP contribution is 2.47. The third kappa shape index (κ3) is 4.36. The van der Waals surface area contributed by atoms with E-state index in [1.54, 1.807) is 0 Å². The maximum absolute atomic E-state index is 14.0. The third-order valence-electron chi connectivity index (χ3n) is 4.14. The summed E-state index contributed by atoms with van der Waals surface area (Å²) < 4.78 is 122. The fourth-order valence-electron chi connectivity index (χ4n) is 2.85. The van der Waals surface area contributed by atoms with E-state index in [0.717, 1.165) is 0 Å². The molecule has 0 amide bonds. The van der Waals surface area contributed by atoms with Crippen LogP contribution in [0.15, 0.2) is 12.1 Å². The van der Waals surface area contributed by atoms with Gasteiger partial charge in [0.1, 0.15) is 23.7 Å². The number of hydrogen-bond acceptors (Lipinski definition) is 4. The van der Waals surface area contributed by atoms with Gasteiger partial charge in [0.05, 0.1) is 21.2 Å². The van der Waals surface area contributed by atoms with E-state index in [9.17, 15) is 39.5 Å². The van der Waals surface area contributed by atoms with E-state index in [1.165, 1.54) is 12.1 Å². The molecular formula is C17H3Cl2F9N6. The van der Waals surface area contributed by atoms with E-state index in [4.69, 9.17) is 33.7 Å². The van der Waals surface area contributed by atoms with Crippen LogP contribution in [0.1, 0.15) is 28.3 Å². The van der Waals surface area contributed by atoms with Crippen LogP contribution in [0.2, 0.25) is 10.0 Å². The molecule has 3 rings (SSSR count). The highest BCUT2D eigenvalue weighted by molar-refractivity contribution is 6.37. The Balaban J connectivity index is 2.49. The van der Waals surface area contributed by atoms with Crippen LogP contribution in [-0.2, 0) is 18.5 Å². The molecule has 1 aromatic carbocycles. The van der Waals surface area contributed by atoms with Crippen molar-refractivity contribution in [2.45, 2.75) is 18.5 Å². The second-order valence-electron chi connectivity index (χ2n) is 6.30. The maximum atomic E-state index is 14.0. The molecule has 0 saturated heterocycles. The van der Waals surface area contributed by atoms with Gasteiger partial charge in [-0.15, -0.1) is 0 Å². The molecule has 0 bridgehead atoms. The maximum Gasteiger partial charge on any atom is 0.435 e. The van der Waals surface area contributed by atoms with Crippen molar-refractivity contribution in [1.82, 2.24) is 19.7 Å². The van der Waals surface area contributed by atoms with E-state index < -0.39 is 78.7 Å². The monoisotopic (exact) mass is 532 g/mol. The Hall–Kier alpha value is -3.43. The number of nitriles is 2. The van der Waals surface area contributed by atoms with Crippen molar-refractivity contribution in [3.05, 3.63) is 50.5 Å². The van der Waals surface area contributed by atoms with Gasteiger partial charge < -0.3 is 4.98 Å². The molecule has 0 fully saturated rings. The summed E-state index contributed by atoms with van der Waals surface area (Å²) in [7, 11) is 0. The van der Waals surface area contributed by atoms with Crippen molar-refractivity contribution < 1.29 is 39.5 Å². The summed E-state index contributed by atoms with van der Waals surface area (Å²) in [5.74, 6) is -1.20. The lowest BCUT2D eigenvalue weighted by Gasteiger charge is -2.16. The topological polar surface area (TPSA) is 94.1 Å². The normalized spacial score (nSPS) is 12.5. The fraction of sp³-hybridized carbons (Fsp3) is 0.176. The summed E-state index contributed by atoms with van der Waals surface area (Å²) in [5, 5.41) is 18.6. The summed E-state index contributed by atoms with van der Waals surface area (Å²) in [6, 6.07) is 3.00. The number of nitrogens with one attached hydrogen (secondary N) is 1. The molecule has 0 aliphatic carbocycles. The van der Waals surface area contributed by atoms with Gasteiger partial charge in [0.25, 0.3) is 0 Å². The highest BCUT2D eigenvalue weighted by Gasteiger charge is 2.49. The lowest BCUT2D eigenvalue weighted by atomic mass is 10.1. The van der Waals surface area contributed by atoms with Gasteiger partial charge in [-0.3, -0.25) is 0 Å². The Morgan fingerprint density at radius 2 is 1.41 bits per heavy atom.